The number of aliphatic carboxylic acids is 1. The lowest BCUT2D eigenvalue weighted by Gasteiger charge is -2.32. The zero-order chi connectivity index (χ0) is 15.5. The van der Waals surface area contributed by atoms with Gasteiger partial charge in [-0.05, 0) is 12.0 Å². The molecule has 2 aliphatic heterocycles. The van der Waals surface area contributed by atoms with Crippen molar-refractivity contribution in [2.24, 2.45) is 0 Å². The number of rotatable bonds is 3. The maximum absolute atomic E-state index is 12.5. The van der Waals surface area contributed by atoms with E-state index in [1.54, 1.807) is 4.90 Å². The number of hydrazine groups is 1. The van der Waals surface area contributed by atoms with Crippen molar-refractivity contribution in [3.05, 3.63) is 35.9 Å². The van der Waals surface area contributed by atoms with E-state index >= 15 is 0 Å². The second kappa shape index (κ2) is 6.43. The molecule has 0 aliphatic carbocycles. The van der Waals surface area contributed by atoms with Crippen LogP contribution in [0.3, 0.4) is 0 Å². The summed E-state index contributed by atoms with van der Waals surface area (Å²) < 4.78 is 5.14. The normalized spacial score (nSPS) is 28.5. The minimum atomic E-state index is -1.03. The van der Waals surface area contributed by atoms with Crippen LogP contribution in [-0.4, -0.2) is 53.7 Å². The number of carboxylic acids is 1. The lowest BCUT2D eigenvalue weighted by molar-refractivity contribution is -0.159. The van der Waals surface area contributed by atoms with Gasteiger partial charge in [0.1, 0.15) is 6.04 Å². The average molecular weight is 305 g/mol. The number of amides is 1. The van der Waals surface area contributed by atoms with E-state index in [4.69, 9.17) is 9.84 Å². The second-order valence-electron chi connectivity index (χ2n) is 5.52. The molecular weight excluding hydrogens is 286 g/mol. The SMILES string of the molecule is O=C(O)C1CN(C(=O)C2CC(c3ccccc3)NN2)CCO1. The number of morpholine rings is 1. The number of carboxylic acid groups (broad SMARTS) is 1. The molecule has 1 aromatic carbocycles. The molecule has 2 heterocycles. The number of nitrogens with zero attached hydrogens (tertiary/aromatic N) is 1. The summed E-state index contributed by atoms with van der Waals surface area (Å²) in [7, 11) is 0. The molecule has 2 fully saturated rings. The van der Waals surface area contributed by atoms with Crippen LogP contribution in [0, 0.1) is 0 Å². The smallest absolute Gasteiger partial charge is 0.334 e. The van der Waals surface area contributed by atoms with Gasteiger partial charge in [-0.1, -0.05) is 30.3 Å². The van der Waals surface area contributed by atoms with E-state index in [1.165, 1.54) is 0 Å². The first kappa shape index (κ1) is 15.0. The minimum absolute atomic E-state index is 0.0754. The Labute approximate surface area is 128 Å². The quantitative estimate of drug-likeness (QED) is 0.723. The molecule has 3 atom stereocenters. The summed E-state index contributed by atoms with van der Waals surface area (Å²) in [6.45, 7) is 0.782. The fourth-order valence-corrected chi connectivity index (χ4v) is 2.84. The van der Waals surface area contributed by atoms with Gasteiger partial charge in [-0.25, -0.2) is 15.6 Å². The molecule has 7 nitrogen and oxygen atoms in total. The molecule has 3 rings (SSSR count). The van der Waals surface area contributed by atoms with Crippen LogP contribution in [0.4, 0.5) is 0 Å². The minimum Gasteiger partial charge on any atom is -0.479 e. The van der Waals surface area contributed by atoms with Gasteiger partial charge in [0.15, 0.2) is 6.10 Å². The summed E-state index contributed by atoms with van der Waals surface area (Å²) >= 11 is 0. The van der Waals surface area contributed by atoms with Crippen LogP contribution < -0.4 is 10.9 Å². The van der Waals surface area contributed by atoms with Crippen molar-refractivity contribution in [3.63, 3.8) is 0 Å². The van der Waals surface area contributed by atoms with E-state index in [1.807, 2.05) is 30.3 Å². The Morgan fingerprint density at radius 1 is 1.23 bits per heavy atom. The van der Waals surface area contributed by atoms with Gasteiger partial charge in [-0.15, -0.1) is 0 Å². The van der Waals surface area contributed by atoms with Gasteiger partial charge in [0, 0.05) is 12.6 Å². The number of benzene rings is 1. The van der Waals surface area contributed by atoms with Crippen molar-refractivity contribution in [1.82, 2.24) is 15.8 Å². The molecule has 0 bridgehead atoms. The molecule has 1 amide bonds. The molecule has 0 spiro atoms. The zero-order valence-corrected chi connectivity index (χ0v) is 12.1. The Balaban J connectivity index is 1.60. The van der Waals surface area contributed by atoms with Crippen molar-refractivity contribution in [2.75, 3.05) is 19.7 Å². The molecular formula is C15H19N3O4. The highest BCUT2D eigenvalue weighted by atomic mass is 16.5. The number of nitrogens with one attached hydrogen (secondary N) is 2. The van der Waals surface area contributed by atoms with E-state index in [2.05, 4.69) is 10.9 Å². The summed E-state index contributed by atoms with van der Waals surface area (Å²) in [5.41, 5.74) is 7.27. The van der Waals surface area contributed by atoms with Crippen molar-refractivity contribution in [2.45, 2.75) is 24.6 Å². The lowest BCUT2D eigenvalue weighted by atomic mass is 10.0. The van der Waals surface area contributed by atoms with Gasteiger partial charge in [0.2, 0.25) is 5.91 Å². The molecule has 0 aromatic heterocycles. The third-order valence-corrected chi connectivity index (χ3v) is 4.06. The molecule has 22 heavy (non-hydrogen) atoms. The average Bonchev–Trinajstić information content (AvgIpc) is 3.05. The predicted molar refractivity (Wildman–Crippen MR) is 77.8 cm³/mol. The Kier molecular flexibility index (Phi) is 4.37. The number of hydrogen-bond donors (Lipinski definition) is 3. The Hall–Kier alpha value is -1.96. The monoisotopic (exact) mass is 305 g/mol. The Morgan fingerprint density at radius 3 is 2.73 bits per heavy atom. The van der Waals surface area contributed by atoms with Crippen LogP contribution in [0.1, 0.15) is 18.0 Å². The highest BCUT2D eigenvalue weighted by Gasteiger charge is 2.36. The largest absolute Gasteiger partial charge is 0.479 e. The molecule has 118 valence electrons. The van der Waals surface area contributed by atoms with Crippen LogP contribution in [0.5, 0.6) is 0 Å². The Bertz CT molecular complexity index is 551. The first-order chi connectivity index (χ1) is 10.6. The number of carbonyl (C=O) groups is 2. The summed E-state index contributed by atoms with van der Waals surface area (Å²) in [4.78, 5) is 25.1. The van der Waals surface area contributed by atoms with Gasteiger partial charge in [-0.3, -0.25) is 4.79 Å². The van der Waals surface area contributed by atoms with Crippen molar-refractivity contribution >= 4 is 11.9 Å². The summed E-state index contributed by atoms with van der Waals surface area (Å²) in [6.07, 6.45) is -0.297. The number of carbonyl (C=O) groups excluding carboxylic acids is 1. The topological polar surface area (TPSA) is 90.9 Å². The van der Waals surface area contributed by atoms with Gasteiger partial charge < -0.3 is 14.7 Å². The fraction of sp³-hybridized carbons (Fsp3) is 0.467. The lowest BCUT2D eigenvalue weighted by Crippen LogP contribution is -2.53. The van der Waals surface area contributed by atoms with Crippen LogP contribution in [0.15, 0.2) is 30.3 Å². The molecule has 1 aromatic rings. The molecule has 0 radical (unpaired) electrons. The van der Waals surface area contributed by atoms with Crippen LogP contribution in [-0.2, 0) is 14.3 Å². The molecule has 7 heteroatoms. The standard InChI is InChI=1S/C15H19N3O4/c19-14(18-6-7-22-13(9-18)15(20)21)12-8-11(16-17-12)10-4-2-1-3-5-10/h1-5,11-13,16-17H,6-9H2,(H,20,21). The van der Waals surface area contributed by atoms with Gasteiger partial charge in [-0.2, -0.15) is 0 Å². The predicted octanol–water partition coefficient (Wildman–Crippen LogP) is -0.0938. The number of hydrogen-bond acceptors (Lipinski definition) is 5. The van der Waals surface area contributed by atoms with Gasteiger partial charge in [0.25, 0.3) is 0 Å². The first-order valence-electron chi connectivity index (χ1n) is 7.34. The second-order valence-corrected chi connectivity index (χ2v) is 5.52. The maximum Gasteiger partial charge on any atom is 0.334 e. The molecule has 0 saturated carbocycles. The van der Waals surface area contributed by atoms with Crippen molar-refractivity contribution in [3.8, 4) is 0 Å². The maximum atomic E-state index is 12.5. The third kappa shape index (κ3) is 3.11. The number of ether oxygens (including phenoxy) is 1. The van der Waals surface area contributed by atoms with Gasteiger partial charge >= 0.3 is 5.97 Å². The highest BCUT2D eigenvalue weighted by molar-refractivity contribution is 5.83. The fourth-order valence-electron chi connectivity index (χ4n) is 2.84. The highest BCUT2D eigenvalue weighted by Crippen LogP contribution is 2.23. The van der Waals surface area contributed by atoms with E-state index in [9.17, 15) is 9.59 Å². The van der Waals surface area contributed by atoms with Gasteiger partial charge in [0.05, 0.1) is 13.2 Å². The molecule has 3 N–H and O–H groups in total. The summed E-state index contributed by atoms with van der Waals surface area (Å²) in [5.74, 6) is -1.11. The first-order valence-corrected chi connectivity index (χ1v) is 7.34. The Morgan fingerprint density at radius 2 is 2.00 bits per heavy atom. The van der Waals surface area contributed by atoms with Crippen molar-refractivity contribution in [1.29, 1.82) is 0 Å². The van der Waals surface area contributed by atoms with Crippen LogP contribution >= 0.6 is 0 Å². The van der Waals surface area contributed by atoms with E-state index in [-0.39, 0.29) is 31.1 Å². The third-order valence-electron chi connectivity index (χ3n) is 4.06. The summed E-state index contributed by atoms with van der Waals surface area (Å²) in [5, 5.41) is 9.00. The zero-order valence-electron chi connectivity index (χ0n) is 12.1. The molecule has 2 saturated heterocycles. The summed E-state index contributed by atoms with van der Waals surface area (Å²) in [6, 6.07) is 9.64. The molecule has 3 unspecified atom stereocenters. The van der Waals surface area contributed by atoms with Crippen LogP contribution in [0.2, 0.25) is 0 Å². The molecule has 2 aliphatic rings. The van der Waals surface area contributed by atoms with E-state index in [0.717, 1.165) is 5.56 Å². The van der Waals surface area contributed by atoms with Crippen LogP contribution in [0.25, 0.3) is 0 Å². The van der Waals surface area contributed by atoms with E-state index < -0.39 is 12.1 Å². The van der Waals surface area contributed by atoms with Crippen molar-refractivity contribution < 1.29 is 19.4 Å². The van der Waals surface area contributed by atoms with E-state index in [0.29, 0.717) is 13.0 Å².